The first-order valence-corrected chi connectivity index (χ1v) is 5.44. The number of halogens is 1. The lowest BCUT2D eigenvalue weighted by atomic mass is 9.85. The minimum Gasteiger partial charge on any atom is -0.302 e. The van der Waals surface area contributed by atoms with Crippen LogP contribution in [0.15, 0.2) is 24.3 Å². The first-order chi connectivity index (χ1) is 7.72. The molecule has 1 aliphatic heterocycles. The number of nitrogens with zero attached hydrogens (tertiary/aromatic N) is 1. The van der Waals surface area contributed by atoms with Crippen LogP contribution in [0.3, 0.4) is 0 Å². The third-order valence-electron chi connectivity index (χ3n) is 3.16. The van der Waals surface area contributed by atoms with Gasteiger partial charge in [-0.2, -0.15) is 0 Å². The zero-order valence-electron chi connectivity index (χ0n) is 8.97. The Bertz CT molecular complexity index is 366. The van der Waals surface area contributed by atoms with Gasteiger partial charge in [-0.25, -0.2) is 9.40 Å². The summed E-state index contributed by atoms with van der Waals surface area (Å²) < 4.78 is 12.8. The highest BCUT2D eigenvalue weighted by Crippen LogP contribution is 2.30. The summed E-state index contributed by atoms with van der Waals surface area (Å²) in [6.45, 7) is 0.737. The second-order valence-electron chi connectivity index (χ2n) is 4.16. The summed E-state index contributed by atoms with van der Waals surface area (Å²) in [6, 6.07) is 6.02. The summed E-state index contributed by atoms with van der Waals surface area (Å²) in [4.78, 5) is 11.0. The quantitative estimate of drug-likeness (QED) is 0.608. The molecule has 2 unspecified atom stereocenters. The predicted molar refractivity (Wildman–Crippen MR) is 59.1 cm³/mol. The molecule has 0 amide bonds. The highest BCUT2D eigenvalue weighted by Gasteiger charge is 2.30. The first kappa shape index (κ1) is 11.2. The van der Waals surface area contributed by atoms with Gasteiger partial charge in [0.05, 0.1) is 6.04 Å². The average Bonchev–Trinajstić information content (AvgIpc) is 2.30. The maximum atomic E-state index is 12.8. The van der Waals surface area contributed by atoms with E-state index in [1.165, 1.54) is 12.1 Å². The number of carbonyl (C=O) groups excluding carboxylic acids is 1. The zero-order chi connectivity index (χ0) is 11.5. The van der Waals surface area contributed by atoms with E-state index in [1.807, 2.05) is 0 Å². The van der Waals surface area contributed by atoms with Crippen molar-refractivity contribution in [2.24, 2.45) is 5.84 Å². The van der Waals surface area contributed by atoms with Crippen LogP contribution in [0.25, 0.3) is 0 Å². The van der Waals surface area contributed by atoms with Crippen LogP contribution in [-0.4, -0.2) is 23.9 Å². The lowest BCUT2D eigenvalue weighted by molar-refractivity contribution is -0.114. The third kappa shape index (κ3) is 2.13. The van der Waals surface area contributed by atoms with Crippen molar-refractivity contribution in [3.05, 3.63) is 35.6 Å². The molecule has 2 rings (SSSR count). The Morgan fingerprint density at radius 1 is 1.38 bits per heavy atom. The second kappa shape index (κ2) is 4.72. The summed E-state index contributed by atoms with van der Waals surface area (Å²) in [5, 5.41) is 1.57. The summed E-state index contributed by atoms with van der Waals surface area (Å²) in [5.41, 5.74) is 0.980. The van der Waals surface area contributed by atoms with Gasteiger partial charge in [0.15, 0.2) is 0 Å². The molecule has 0 saturated carbocycles. The second-order valence-corrected chi connectivity index (χ2v) is 4.16. The molecule has 1 aliphatic rings. The van der Waals surface area contributed by atoms with Crippen LogP contribution >= 0.6 is 0 Å². The molecule has 86 valence electrons. The first-order valence-electron chi connectivity index (χ1n) is 5.44. The zero-order valence-corrected chi connectivity index (χ0v) is 8.97. The number of carbonyl (C=O) groups is 1. The molecule has 4 heteroatoms. The molecule has 0 radical (unpaired) electrons. The van der Waals surface area contributed by atoms with E-state index in [9.17, 15) is 9.18 Å². The van der Waals surface area contributed by atoms with Crippen LogP contribution in [0, 0.1) is 5.82 Å². The van der Waals surface area contributed by atoms with Gasteiger partial charge in [0, 0.05) is 12.5 Å². The van der Waals surface area contributed by atoms with Gasteiger partial charge in [-0.05, 0) is 30.5 Å². The Morgan fingerprint density at radius 3 is 2.69 bits per heavy atom. The molecule has 16 heavy (non-hydrogen) atoms. The van der Waals surface area contributed by atoms with E-state index in [2.05, 4.69) is 0 Å². The van der Waals surface area contributed by atoms with E-state index in [-0.39, 0.29) is 17.8 Å². The molecule has 0 aromatic heterocycles. The number of benzene rings is 1. The third-order valence-corrected chi connectivity index (χ3v) is 3.16. The van der Waals surface area contributed by atoms with Crippen molar-refractivity contribution in [2.75, 3.05) is 6.54 Å². The molecule has 2 atom stereocenters. The summed E-state index contributed by atoms with van der Waals surface area (Å²) in [6.07, 6.45) is 2.76. The molecule has 1 fully saturated rings. The topological polar surface area (TPSA) is 46.3 Å². The lowest BCUT2D eigenvalue weighted by Gasteiger charge is -2.35. The van der Waals surface area contributed by atoms with Gasteiger partial charge in [-0.15, -0.1) is 0 Å². The number of nitrogens with two attached hydrogens (primary N) is 1. The number of hydrazine groups is 1. The monoisotopic (exact) mass is 222 g/mol. The van der Waals surface area contributed by atoms with Crippen molar-refractivity contribution in [3.63, 3.8) is 0 Å². The van der Waals surface area contributed by atoms with Crippen LogP contribution in [0.1, 0.15) is 24.3 Å². The average molecular weight is 222 g/mol. The predicted octanol–water partition coefficient (Wildman–Crippen LogP) is 1.45. The smallest absolute Gasteiger partial charge is 0.139 e. The Balaban J connectivity index is 2.24. The van der Waals surface area contributed by atoms with Crippen LogP contribution in [0.2, 0.25) is 0 Å². The summed E-state index contributed by atoms with van der Waals surface area (Å²) >= 11 is 0. The number of hydrogen-bond acceptors (Lipinski definition) is 3. The van der Waals surface area contributed by atoms with Crippen LogP contribution in [-0.2, 0) is 4.79 Å². The van der Waals surface area contributed by atoms with E-state index in [1.54, 1.807) is 17.1 Å². The van der Waals surface area contributed by atoms with Gasteiger partial charge in [-0.3, -0.25) is 5.84 Å². The maximum absolute atomic E-state index is 12.8. The number of hydrogen-bond donors (Lipinski definition) is 1. The SMILES string of the molecule is NN1CCCC(c2ccc(F)cc2)C1C=O. The van der Waals surface area contributed by atoms with Gasteiger partial charge < -0.3 is 4.79 Å². The largest absolute Gasteiger partial charge is 0.302 e. The molecule has 1 aromatic carbocycles. The minimum absolute atomic E-state index is 0.0804. The number of piperidine rings is 1. The fraction of sp³-hybridized carbons (Fsp3) is 0.417. The van der Waals surface area contributed by atoms with Crippen LogP contribution < -0.4 is 5.84 Å². The van der Waals surface area contributed by atoms with Gasteiger partial charge in [-0.1, -0.05) is 12.1 Å². The number of aldehydes is 1. The molecular weight excluding hydrogens is 207 g/mol. The molecule has 2 N–H and O–H groups in total. The van der Waals surface area contributed by atoms with Crippen molar-refractivity contribution in [2.45, 2.75) is 24.8 Å². The molecule has 0 spiro atoms. The summed E-state index contributed by atoms with van der Waals surface area (Å²) in [5.74, 6) is 5.60. The van der Waals surface area contributed by atoms with E-state index in [0.29, 0.717) is 0 Å². The van der Waals surface area contributed by atoms with Crippen molar-refractivity contribution >= 4 is 6.29 Å². The normalized spacial score (nSPS) is 26.6. The summed E-state index contributed by atoms with van der Waals surface area (Å²) in [7, 11) is 0. The highest BCUT2D eigenvalue weighted by molar-refractivity contribution is 5.60. The van der Waals surface area contributed by atoms with Crippen molar-refractivity contribution < 1.29 is 9.18 Å². The Kier molecular flexibility index (Phi) is 3.31. The van der Waals surface area contributed by atoms with Gasteiger partial charge in [0.25, 0.3) is 0 Å². The Morgan fingerprint density at radius 2 is 2.06 bits per heavy atom. The van der Waals surface area contributed by atoms with E-state index >= 15 is 0 Å². The van der Waals surface area contributed by atoms with Gasteiger partial charge in [0.2, 0.25) is 0 Å². The van der Waals surface area contributed by atoms with Crippen molar-refractivity contribution in [3.8, 4) is 0 Å². The van der Waals surface area contributed by atoms with E-state index in [4.69, 9.17) is 5.84 Å². The van der Waals surface area contributed by atoms with E-state index < -0.39 is 0 Å². The van der Waals surface area contributed by atoms with E-state index in [0.717, 1.165) is 31.2 Å². The van der Waals surface area contributed by atoms with Crippen LogP contribution in [0.4, 0.5) is 4.39 Å². The Labute approximate surface area is 94.0 Å². The Hall–Kier alpha value is -1.26. The molecule has 1 heterocycles. The molecule has 3 nitrogen and oxygen atoms in total. The molecule has 1 aromatic rings. The fourth-order valence-corrected chi connectivity index (χ4v) is 2.29. The van der Waals surface area contributed by atoms with Crippen LogP contribution in [0.5, 0.6) is 0 Å². The number of rotatable bonds is 2. The van der Waals surface area contributed by atoms with Crippen molar-refractivity contribution in [1.82, 2.24) is 5.01 Å². The maximum Gasteiger partial charge on any atom is 0.139 e. The highest BCUT2D eigenvalue weighted by atomic mass is 19.1. The standard InChI is InChI=1S/C12H15FN2O/c13-10-5-3-9(4-6-10)11-2-1-7-15(14)12(11)8-16/h3-6,8,11-12H,1-2,7,14H2. The lowest BCUT2D eigenvalue weighted by Crippen LogP contribution is -2.49. The fourth-order valence-electron chi connectivity index (χ4n) is 2.29. The van der Waals surface area contributed by atoms with Gasteiger partial charge >= 0.3 is 0 Å². The van der Waals surface area contributed by atoms with Gasteiger partial charge in [0.1, 0.15) is 12.1 Å². The minimum atomic E-state index is -0.292. The van der Waals surface area contributed by atoms with Crippen molar-refractivity contribution in [1.29, 1.82) is 0 Å². The molecule has 1 saturated heterocycles. The molecule has 0 bridgehead atoms. The molecular formula is C12H15FN2O. The molecule has 0 aliphatic carbocycles.